The Hall–Kier alpha value is -9.82. The van der Waals surface area contributed by atoms with Gasteiger partial charge in [0.15, 0.2) is 11.6 Å². The summed E-state index contributed by atoms with van der Waals surface area (Å²) in [7, 11) is 1.35. The predicted molar refractivity (Wildman–Crippen MR) is 259 cm³/mol. The first-order chi connectivity index (χ1) is 33.8. The number of hydrogen-bond donors (Lipinski definition) is 4. The zero-order valence-corrected chi connectivity index (χ0v) is 37.3. The Bertz CT molecular complexity index is 3260. The van der Waals surface area contributed by atoms with Crippen molar-refractivity contribution in [1.82, 2.24) is 5.32 Å². The molecular weight excluding hydrogens is 893 g/mol. The third kappa shape index (κ3) is 11.2. The van der Waals surface area contributed by atoms with Crippen molar-refractivity contribution in [2.45, 2.75) is 6.92 Å². The zero-order chi connectivity index (χ0) is 49.3. The molecular formula is C56H40N2O12. The molecule has 0 aliphatic heterocycles. The fourth-order valence-electron chi connectivity index (χ4n) is 7.04. The topological polar surface area (TPSA) is 204 Å². The molecule has 2 amide bonds. The number of hydrogen-bond acceptors (Lipinski definition) is 10. The highest BCUT2D eigenvalue weighted by Gasteiger charge is 2.21. The lowest BCUT2D eigenvalue weighted by Crippen LogP contribution is -2.21. The van der Waals surface area contributed by atoms with Crippen molar-refractivity contribution in [3.05, 3.63) is 232 Å². The number of carboxylic acid groups (broad SMARTS) is 2. The highest BCUT2D eigenvalue weighted by molar-refractivity contribution is 6.11. The predicted octanol–water partition coefficient (Wildman–Crippen LogP) is 11.6. The first-order valence-electron chi connectivity index (χ1n) is 21.5. The van der Waals surface area contributed by atoms with E-state index in [1.807, 2.05) is 31.2 Å². The number of amides is 2. The molecule has 0 heterocycles. The smallest absolute Gasteiger partial charge is 0.336 e. The van der Waals surface area contributed by atoms with E-state index in [0.29, 0.717) is 62.4 Å². The summed E-state index contributed by atoms with van der Waals surface area (Å²) in [5, 5.41) is 24.4. The number of aryl methyl sites for hydroxylation is 1. The Balaban J connectivity index is 0.823. The van der Waals surface area contributed by atoms with E-state index in [4.69, 9.17) is 18.9 Å². The van der Waals surface area contributed by atoms with Crippen LogP contribution in [-0.2, 0) is 0 Å². The van der Waals surface area contributed by atoms with E-state index >= 15 is 0 Å². The molecule has 0 aliphatic rings. The van der Waals surface area contributed by atoms with Gasteiger partial charge in [-0.2, -0.15) is 0 Å². The minimum absolute atomic E-state index is 0.0272. The van der Waals surface area contributed by atoms with Crippen LogP contribution in [0.4, 0.5) is 5.69 Å². The third-order valence-corrected chi connectivity index (χ3v) is 10.7. The molecule has 4 N–H and O–H groups in total. The van der Waals surface area contributed by atoms with Crippen molar-refractivity contribution in [3.8, 4) is 46.0 Å². The van der Waals surface area contributed by atoms with E-state index in [-0.39, 0.29) is 45.3 Å². The lowest BCUT2D eigenvalue weighted by Gasteiger charge is -2.13. The summed E-state index contributed by atoms with van der Waals surface area (Å²) in [6.07, 6.45) is 0. The summed E-state index contributed by atoms with van der Waals surface area (Å²) in [6.45, 7) is 2.00. The number of carbonyl (C=O) groups is 6. The van der Waals surface area contributed by atoms with Crippen LogP contribution in [0.2, 0.25) is 0 Å². The van der Waals surface area contributed by atoms with Gasteiger partial charge in [0.25, 0.3) is 11.8 Å². The van der Waals surface area contributed by atoms with Gasteiger partial charge >= 0.3 is 11.9 Å². The largest absolute Gasteiger partial charge is 0.478 e. The van der Waals surface area contributed by atoms with Gasteiger partial charge in [-0.15, -0.1) is 0 Å². The molecule has 14 heteroatoms. The Morgan fingerprint density at radius 1 is 0.357 bits per heavy atom. The van der Waals surface area contributed by atoms with E-state index in [1.165, 1.54) is 37.4 Å². The van der Waals surface area contributed by atoms with Crippen molar-refractivity contribution in [2.24, 2.45) is 0 Å². The number of benzene rings is 8. The van der Waals surface area contributed by atoms with Gasteiger partial charge in [0.05, 0.1) is 22.3 Å². The molecule has 8 rings (SSSR count). The summed E-state index contributed by atoms with van der Waals surface area (Å²) in [6, 6.07) is 48.6. The van der Waals surface area contributed by atoms with Gasteiger partial charge in [0.2, 0.25) is 0 Å². The monoisotopic (exact) mass is 932 g/mol. The van der Waals surface area contributed by atoms with E-state index in [9.17, 15) is 39.0 Å². The highest BCUT2D eigenvalue weighted by Crippen LogP contribution is 2.30. The van der Waals surface area contributed by atoms with Crippen LogP contribution in [0.5, 0.6) is 46.0 Å². The Morgan fingerprint density at radius 3 is 1.04 bits per heavy atom. The number of nitrogens with one attached hydrogen (secondary N) is 2. The van der Waals surface area contributed by atoms with Gasteiger partial charge in [0.1, 0.15) is 46.0 Å². The average molecular weight is 933 g/mol. The molecule has 70 heavy (non-hydrogen) atoms. The zero-order valence-electron chi connectivity index (χ0n) is 37.3. The molecule has 0 spiro atoms. The third-order valence-electron chi connectivity index (χ3n) is 10.7. The Morgan fingerprint density at radius 2 is 0.671 bits per heavy atom. The quantitative estimate of drug-likeness (QED) is 0.0630. The van der Waals surface area contributed by atoms with Crippen molar-refractivity contribution in [1.29, 1.82) is 0 Å². The molecule has 0 atom stereocenters. The normalized spacial score (nSPS) is 10.6. The fourth-order valence-corrected chi connectivity index (χ4v) is 7.04. The van der Waals surface area contributed by atoms with E-state index < -0.39 is 23.8 Å². The summed E-state index contributed by atoms with van der Waals surface area (Å²) in [4.78, 5) is 75.8. The van der Waals surface area contributed by atoms with E-state index in [2.05, 4.69) is 10.6 Å². The van der Waals surface area contributed by atoms with Gasteiger partial charge in [-0.25, -0.2) is 9.59 Å². The molecule has 0 bridgehead atoms. The van der Waals surface area contributed by atoms with Crippen molar-refractivity contribution in [3.63, 3.8) is 0 Å². The Kier molecular flexibility index (Phi) is 13.9. The van der Waals surface area contributed by atoms with Crippen molar-refractivity contribution < 1.29 is 57.9 Å². The van der Waals surface area contributed by atoms with Crippen molar-refractivity contribution >= 4 is 41.0 Å². The maximum atomic E-state index is 13.3. The number of rotatable bonds is 17. The van der Waals surface area contributed by atoms with Gasteiger partial charge in [-0.05, 0) is 177 Å². The molecule has 8 aromatic rings. The second-order valence-corrected chi connectivity index (χ2v) is 15.6. The van der Waals surface area contributed by atoms with Gasteiger partial charge in [-0.3, -0.25) is 19.2 Å². The Labute approximate surface area is 400 Å². The maximum absolute atomic E-state index is 13.3. The first kappa shape index (κ1) is 46.7. The second-order valence-electron chi connectivity index (χ2n) is 15.6. The molecule has 0 fully saturated rings. The van der Waals surface area contributed by atoms with Crippen LogP contribution in [0.1, 0.15) is 78.8 Å². The average Bonchev–Trinajstić information content (AvgIpc) is 3.37. The van der Waals surface area contributed by atoms with Crippen LogP contribution in [0.15, 0.2) is 182 Å². The number of carbonyl (C=O) groups excluding carboxylic acids is 4. The molecule has 0 aromatic heterocycles. The van der Waals surface area contributed by atoms with Gasteiger partial charge < -0.3 is 39.8 Å². The van der Waals surface area contributed by atoms with Crippen LogP contribution >= 0.6 is 0 Å². The molecule has 0 saturated carbocycles. The lowest BCUT2D eigenvalue weighted by molar-refractivity contribution is 0.0682. The van der Waals surface area contributed by atoms with Gasteiger partial charge in [0, 0.05) is 35.0 Å². The van der Waals surface area contributed by atoms with Crippen molar-refractivity contribution in [2.75, 3.05) is 12.4 Å². The number of aromatic carboxylic acids is 2. The van der Waals surface area contributed by atoms with Crippen LogP contribution < -0.4 is 29.6 Å². The molecule has 0 radical (unpaired) electrons. The first-order valence-corrected chi connectivity index (χ1v) is 21.5. The van der Waals surface area contributed by atoms with Crippen LogP contribution in [0.3, 0.4) is 0 Å². The summed E-state index contributed by atoms with van der Waals surface area (Å²) in [5.41, 5.74) is 2.44. The number of carboxylic acids is 2. The van der Waals surface area contributed by atoms with Crippen LogP contribution in [-0.4, -0.2) is 52.6 Å². The minimum Gasteiger partial charge on any atom is -0.478 e. The maximum Gasteiger partial charge on any atom is 0.336 e. The van der Waals surface area contributed by atoms with Crippen LogP contribution in [0, 0.1) is 6.92 Å². The number of ether oxygens (including phenoxy) is 4. The molecule has 8 aromatic carbocycles. The number of ketones is 2. The highest BCUT2D eigenvalue weighted by atomic mass is 16.5. The SMILES string of the molecule is CNC(=O)c1cc(Oc2ccc(C(=O)Nc3ccc(Oc4ccc(C(=O)c5ccc(Oc6ccc(C(=O)c7ccc(Oc8ccc(C)cc8)cc7)cc6)cc5)cc4)cc3)c(C(=O)O)c2)ccc1C(=O)O. The fraction of sp³-hybridized carbons (Fsp3) is 0.0357. The summed E-state index contributed by atoms with van der Waals surface area (Å²) >= 11 is 0. The number of anilines is 1. The summed E-state index contributed by atoms with van der Waals surface area (Å²) in [5.74, 6) is -1.11. The van der Waals surface area contributed by atoms with Gasteiger partial charge in [-0.1, -0.05) is 17.7 Å². The second kappa shape index (κ2) is 20.8. The van der Waals surface area contributed by atoms with Crippen LogP contribution in [0.25, 0.3) is 0 Å². The summed E-state index contributed by atoms with van der Waals surface area (Å²) < 4.78 is 23.5. The molecule has 0 aliphatic carbocycles. The lowest BCUT2D eigenvalue weighted by atomic mass is 10.0. The standard InChI is InChI=1S/C56H40N2O12/c1-33-3-15-39(16-4-33)67-40-17-5-34(6-18-40)51(59)35-7-19-41(20-8-35)68-42-21-9-36(10-22-42)52(60)37-11-23-43(24-12-37)69-44-25-13-38(14-26-44)58-54(62)47-29-27-46(32-50(47)56(65)66)70-45-28-30-48(55(63)64)49(31-45)53(61)57-2/h3-32H,1-2H3,(H,57,61)(H,58,62)(H,63,64)(H,65,66). The van der Waals surface area contributed by atoms with E-state index in [1.54, 1.807) is 121 Å². The minimum atomic E-state index is -1.40. The molecule has 346 valence electrons. The molecule has 0 saturated heterocycles. The molecule has 14 nitrogen and oxygen atoms in total. The molecule has 0 unspecified atom stereocenters. The van der Waals surface area contributed by atoms with E-state index in [0.717, 1.165) is 11.6 Å².